The predicted molar refractivity (Wildman–Crippen MR) is 114 cm³/mol. The van der Waals surface area contributed by atoms with Crippen molar-refractivity contribution in [3.8, 4) is 5.88 Å². The minimum absolute atomic E-state index is 0.0134. The second kappa shape index (κ2) is 10.2. The second-order valence-corrected chi connectivity index (χ2v) is 9.01. The van der Waals surface area contributed by atoms with Gasteiger partial charge in [0.15, 0.2) is 6.61 Å². The third-order valence-corrected chi connectivity index (χ3v) is 6.13. The van der Waals surface area contributed by atoms with E-state index in [1.807, 2.05) is 6.92 Å². The molecule has 33 heavy (non-hydrogen) atoms. The van der Waals surface area contributed by atoms with Crippen molar-refractivity contribution in [1.82, 2.24) is 15.0 Å². The highest BCUT2D eigenvalue weighted by Crippen LogP contribution is 2.23. The summed E-state index contributed by atoms with van der Waals surface area (Å²) < 4.78 is 68.6. The third kappa shape index (κ3) is 6.67. The minimum Gasteiger partial charge on any atom is -0.468 e. The van der Waals surface area contributed by atoms with Gasteiger partial charge in [-0.25, -0.2) is 13.4 Å². The van der Waals surface area contributed by atoms with Gasteiger partial charge in [-0.15, -0.1) is 0 Å². The van der Waals surface area contributed by atoms with Gasteiger partial charge < -0.3 is 10.1 Å². The average Bonchev–Trinajstić information content (AvgIpc) is 3.03. The van der Waals surface area contributed by atoms with Gasteiger partial charge in [-0.2, -0.15) is 13.2 Å². The largest absolute Gasteiger partial charge is 0.468 e. The first kappa shape index (κ1) is 24.5. The van der Waals surface area contributed by atoms with Crippen LogP contribution < -0.4 is 14.8 Å². The van der Waals surface area contributed by atoms with Crippen LogP contribution in [0.3, 0.4) is 0 Å². The van der Waals surface area contributed by atoms with E-state index in [4.69, 9.17) is 0 Å². The van der Waals surface area contributed by atoms with Gasteiger partial charge in [-0.05, 0) is 30.2 Å². The Kier molecular flexibility index (Phi) is 7.57. The number of carbonyl (C=O) groups is 1. The molecule has 1 aromatic carbocycles. The van der Waals surface area contributed by atoms with E-state index in [-0.39, 0.29) is 23.2 Å². The Hall–Kier alpha value is -3.15. The van der Waals surface area contributed by atoms with Gasteiger partial charge in [0.05, 0.1) is 4.90 Å². The molecule has 0 saturated carbocycles. The lowest BCUT2D eigenvalue weighted by molar-refractivity contribution is -0.154. The fraction of sp³-hybridized carbons (Fsp3) is 0.381. The molecule has 1 unspecified atom stereocenters. The van der Waals surface area contributed by atoms with Crippen LogP contribution in [0.5, 0.6) is 5.88 Å². The monoisotopic (exact) mass is 484 g/mol. The van der Waals surface area contributed by atoms with Gasteiger partial charge in [-0.1, -0.05) is 31.9 Å². The molecule has 0 spiro atoms. The zero-order valence-electron chi connectivity index (χ0n) is 17.7. The van der Waals surface area contributed by atoms with Crippen LogP contribution in [0, 0.1) is 0 Å². The molecule has 1 aliphatic rings. The number of aliphatic imine (C=N–C) groups is 1. The Balaban J connectivity index is 1.72. The van der Waals surface area contributed by atoms with Gasteiger partial charge in [-0.3, -0.25) is 14.5 Å². The number of amides is 1. The van der Waals surface area contributed by atoms with E-state index < -0.39 is 34.8 Å². The first-order valence-electron chi connectivity index (χ1n) is 10.2. The molecule has 8 nitrogen and oxygen atoms in total. The van der Waals surface area contributed by atoms with Gasteiger partial charge >= 0.3 is 6.18 Å². The highest BCUT2D eigenvalue weighted by Gasteiger charge is 2.32. The SMILES string of the molecule is CCCCC(N=C1NS(=O)(=O)c2ccccc21)C(=O)NCc1ccnc(OCC(F)(F)F)c1. The van der Waals surface area contributed by atoms with E-state index in [2.05, 4.69) is 24.8 Å². The fourth-order valence-electron chi connectivity index (χ4n) is 3.14. The van der Waals surface area contributed by atoms with Crippen molar-refractivity contribution in [3.05, 3.63) is 53.7 Å². The van der Waals surface area contributed by atoms with Crippen LogP contribution in [-0.2, 0) is 21.4 Å². The molecule has 12 heteroatoms. The molecule has 0 radical (unpaired) electrons. The number of sulfonamides is 1. The number of nitrogens with one attached hydrogen (secondary N) is 2. The molecule has 0 fully saturated rings. The number of rotatable bonds is 9. The van der Waals surface area contributed by atoms with E-state index in [0.29, 0.717) is 24.0 Å². The van der Waals surface area contributed by atoms with E-state index in [0.717, 1.165) is 6.42 Å². The zero-order valence-corrected chi connectivity index (χ0v) is 18.5. The van der Waals surface area contributed by atoms with Crippen molar-refractivity contribution < 1.29 is 31.1 Å². The van der Waals surface area contributed by atoms with Gasteiger partial charge in [0, 0.05) is 24.4 Å². The average molecular weight is 485 g/mol. The number of amidine groups is 1. The number of pyridine rings is 1. The van der Waals surface area contributed by atoms with Crippen molar-refractivity contribution in [2.45, 2.75) is 49.8 Å². The number of hydrogen-bond donors (Lipinski definition) is 2. The second-order valence-electron chi connectivity index (χ2n) is 7.36. The summed E-state index contributed by atoms with van der Waals surface area (Å²) in [4.78, 5) is 21.0. The molecule has 1 amide bonds. The van der Waals surface area contributed by atoms with Gasteiger partial charge in [0.25, 0.3) is 10.0 Å². The van der Waals surface area contributed by atoms with Crippen molar-refractivity contribution in [2.24, 2.45) is 4.99 Å². The van der Waals surface area contributed by atoms with E-state index >= 15 is 0 Å². The maximum atomic E-state index is 12.8. The minimum atomic E-state index is -4.49. The third-order valence-electron chi connectivity index (χ3n) is 4.73. The van der Waals surface area contributed by atoms with E-state index in [1.54, 1.807) is 18.2 Å². The first-order chi connectivity index (χ1) is 15.6. The number of benzene rings is 1. The standard InChI is InChI=1S/C21H23F3N4O4S/c1-2-3-7-16(27-19-15-6-4-5-8-17(15)33(30,31)28-19)20(29)26-12-14-9-10-25-18(11-14)32-13-21(22,23)24/h4-6,8-11,16H,2-3,7,12-13H2,1H3,(H,26,29)(H,27,28). The van der Waals surface area contributed by atoms with Crippen LogP contribution in [0.1, 0.15) is 37.3 Å². The van der Waals surface area contributed by atoms with Crippen LogP contribution in [0.25, 0.3) is 0 Å². The lowest BCUT2D eigenvalue weighted by Gasteiger charge is -2.14. The summed E-state index contributed by atoms with van der Waals surface area (Å²) in [6.45, 7) is 0.498. The molecule has 3 rings (SSSR count). The van der Waals surface area contributed by atoms with Crippen molar-refractivity contribution in [1.29, 1.82) is 0 Å². The molecule has 2 N–H and O–H groups in total. The predicted octanol–water partition coefficient (Wildman–Crippen LogP) is 2.94. The number of ether oxygens (including phenoxy) is 1. The van der Waals surface area contributed by atoms with Gasteiger partial charge in [0.2, 0.25) is 11.8 Å². The van der Waals surface area contributed by atoms with Crippen molar-refractivity contribution >= 4 is 21.8 Å². The molecule has 0 bridgehead atoms. The Morgan fingerprint density at radius 2 is 2.03 bits per heavy atom. The summed E-state index contributed by atoms with van der Waals surface area (Å²) in [5.41, 5.74) is 0.886. The maximum Gasteiger partial charge on any atom is 0.422 e. The smallest absolute Gasteiger partial charge is 0.422 e. The molecule has 1 aliphatic heterocycles. The Morgan fingerprint density at radius 1 is 1.27 bits per heavy atom. The number of carbonyl (C=O) groups excluding carboxylic acids is 1. The number of halogens is 3. The number of hydrogen-bond acceptors (Lipinski definition) is 6. The summed E-state index contributed by atoms with van der Waals surface area (Å²) in [7, 11) is -3.74. The normalized spacial score (nSPS) is 16.7. The zero-order chi connectivity index (χ0) is 24.1. The maximum absolute atomic E-state index is 12.8. The molecule has 1 atom stereocenters. The lowest BCUT2D eigenvalue weighted by atomic mass is 10.1. The molecular weight excluding hydrogens is 461 g/mol. The lowest BCUT2D eigenvalue weighted by Crippen LogP contribution is -2.35. The molecule has 178 valence electrons. The van der Waals surface area contributed by atoms with Crippen LogP contribution in [0.15, 0.2) is 52.5 Å². The number of aromatic nitrogens is 1. The Morgan fingerprint density at radius 3 is 2.76 bits per heavy atom. The molecule has 1 aromatic heterocycles. The van der Waals surface area contributed by atoms with Crippen LogP contribution >= 0.6 is 0 Å². The van der Waals surface area contributed by atoms with Crippen LogP contribution in [0.4, 0.5) is 13.2 Å². The summed E-state index contributed by atoms with van der Waals surface area (Å²) >= 11 is 0. The number of nitrogens with zero attached hydrogens (tertiary/aromatic N) is 2. The summed E-state index contributed by atoms with van der Waals surface area (Å²) in [6, 6.07) is 8.35. The van der Waals surface area contributed by atoms with Crippen LogP contribution in [-0.4, -0.2) is 44.0 Å². The van der Waals surface area contributed by atoms with Crippen molar-refractivity contribution in [3.63, 3.8) is 0 Å². The Bertz CT molecular complexity index is 1140. The number of unbranched alkanes of at least 4 members (excludes halogenated alkanes) is 1. The Labute approximate surface area is 189 Å². The summed E-state index contributed by atoms with van der Waals surface area (Å²) in [5.74, 6) is -0.540. The molecular formula is C21H23F3N4O4S. The molecule has 2 heterocycles. The van der Waals surface area contributed by atoms with Crippen LogP contribution in [0.2, 0.25) is 0 Å². The summed E-state index contributed by atoms with van der Waals surface area (Å²) in [6.07, 6.45) is -1.31. The number of alkyl halides is 3. The van der Waals surface area contributed by atoms with E-state index in [1.165, 1.54) is 24.4 Å². The molecule has 0 saturated heterocycles. The summed E-state index contributed by atoms with van der Waals surface area (Å²) in [5, 5.41) is 2.70. The fourth-order valence-corrected chi connectivity index (χ4v) is 4.38. The highest BCUT2D eigenvalue weighted by atomic mass is 32.2. The molecule has 0 aliphatic carbocycles. The van der Waals surface area contributed by atoms with Gasteiger partial charge in [0.1, 0.15) is 11.9 Å². The first-order valence-corrected chi connectivity index (χ1v) is 11.7. The quantitative estimate of drug-likeness (QED) is 0.569. The topological polar surface area (TPSA) is 110 Å². The van der Waals surface area contributed by atoms with Crippen molar-refractivity contribution in [2.75, 3.05) is 6.61 Å². The highest BCUT2D eigenvalue weighted by molar-refractivity contribution is 7.90. The molecule has 2 aromatic rings. The van der Waals surface area contributed by atoms with E-state index in [9.17, 15) is 26.4 Å². The number of fused-ring (bicyclic) bond motifs is 1.